The number of pyridine rings is 1. The number of hydrogen-bond donors (Lipinski definition) is 1. The SMILES string of the molecule is N#Cc1cccnc1NCC1Cc2ccccc21. The minimum Gasteiger partial charge on any atom is -0.368 e. The lowest BCUT2D eigenvalue weighted by Gasteiger charge is -2.30. The Labute approximate surface area is 106 Å². The molecule has 0 spiro atoms. The van der Waals surface area contributed by atoms with E-state index in [2.05, 4.69) is 40.6 Å². The number of aromatic nitrogens is 1. The third-order valence-electron chi connectivity index (χ3n) is 3.41. The predicted octanol–water partition coefficient (Wildman–Crippen LogP) is 2.71. The molecule has 0 amide bonds. The Kier molecular flexibility index (Phi) is 2.70. The second kappa shape index (κ2) is 4.50. The van der Waals surface area contributed by atoms with Crippen LogP contribution in [0.5, 0.6) is 0 Å². The van der Waals surface area contributed by atoms with Gasteiger partial charge in [0.15, 0.2) is 0 Å². The molecule has 0 aliphatic heterocycles. The Hall–Kier alpha value is -2.34. The molecule has 1 atom stereocenters. The number of nitrogens with one attached hydrogen (secondary N) is 1. The van der Waals surface area contributed by atoms with E-state index in [0.29, 0.717) is 17.3 Å². The van der Waals surface area contributed by atoms with Crippen LogP contribution < -0.4 is 5.32 Å². The first kappa shape index (κ1) is 10.8. The smallest absolute Gasteiger partial charge is 0.143 e. The molecular formula is C15H13N3. The van der Waals surface area contributed by atoms with Crippen molar-refractivity contribution < 1.29 is 0 Å². The number of nitriles is 1. The molecule has 0 bridgehead atoms. The van der Waals surface area contributed by atoms with Crippen molar-refractivity contribution in [3.05, 3.63) is 59.3 Å². The van der Waals surface area contributed by atoms with Crippen molar-refractivity contribution in [2.24, 2.45) is 0 Å². The van der Waals surface area contributed by atoms with Crippen LogP contribution in [0.4, 0.5) is 5.82 Å². The summed E-state index contributed by atoms with van der Waals surface area (Å²) in [6.45, 7) is 0.836. The van der Waals surface area contributed by atoms with E-state index in [-0.39, 0.29) is 0 Å². The molecule has 0 saturated carbocycles. The van der Waals surface area contributed by atoms with E-state index in [1.807, 2.05) is 0 Å². The molecule has 2 aromatic rings. The van der Waals surface area contributed by atoms with Gasteiger partial charge in [0.2, 0.25) is 0 Å². The van der Waals surface area contributed by atoms with Gasteiger partial charge in [0, 0.05) is 18.7 Å². The molecule has 1 heterocycles. The summed E-state index contributed by atoms with van der Waals surface area (Å²) in [6, 6.07) is 14.2. The van der Waals surface area contributed by atoms with Crippen LogP contribution in [0, 0.1) is 11.3 Å². The molecule has 1 aliphatic rings. The molecule has 1 unspecified atom stereocenters. The van der Waals surface area contributed by atoms with Gasteiger partial charge in [-0.1, -0.05) is 24.3 Å². The molecule has 18 heavy (non-hydrogen) atoms. The van der Waals surface area contributed by atoms with Crippen molar-refractivity contribution in [3.8, 4) is 6.07 Å². The molecule has 88 valence electrons. The van der Waals surface area contributed by atoms with Crippen LogP contribution in [0.1, 0.15) is 22.6 Å². The van der Waals surface area contributed by atoms with Crippen LogP contribution in [0.2, 0.25) is 0 Å². The van der Waals surface area contributed by atoms with Crippen molar-refractivity contribution in [3.63, 3.8) is 0 Å². The lowest BCUT2D eigenvalue weighted by atomic mass is 9.77. The van der Waals surface area contributed by atoms with Crippen LogP contribution in [0.3, 0.4) is 0 Å². The topological polar surface area (TPSA) is 48.7 Å². The van der Waals surface area contributed by atoms with Gasteiger partial charge < -0.3 is 5.32 Å². The zero-order valence-electron chi connectivity index (χ0n) is 9.93. The van der Waals surface area contributed by atoms with Gasteiger partial charge in [0.1, 0.15) is 11.9 Å². The standard InChI is InChI=1S/C15H13N3/c16-9-12-5-3-7-17-15(12)18-10-13-8-11-4-1-2-6-14(11)13/h1-7,13H,8,10H2,(H,17,18). The molecule has 3 nitrogen and oxygen atoms in total. The van der Waals surface area contributed by atoms with E-state index >= 15 is 0 Å². The first-order chi connectivity index (χ1) is 8.88. The lowest BCUT2D eigenvalue weighted by Crippen LogP contribution is -2.24. The highest BCUT2D eigenvalue weighted by molar-refractivity contribution is 5.52. The highest BCUT2D eigenvalue weighted by Gasteiger charge is 2.25. The molecule has 0 radical (unpaired) electrons. The number of benzene rings is 1. The normalized spacial score (nSPS) is 16.3. The number of anilines is 1. The summed E-state index contributed by atoms with van der Waals surface area (Å²) < 4.78 is 0. The third kappa shape index (κ3) is 1.82. The summed E-state index contributed by atoms with van der Waals surface area (Å²) in [5.74, 6) is 1.22. The summed E-state index contributed by atoms with van der Waals surface area (Å²) in [5, 5.41) is 12.3. The van der Waals surface area contributed by atoms with Crippen LogP contribution in [-0.2, 0) is 6.42 Å². The van der Waals surface area contributed by atoms with E-state index in [1.165, 1.54) is 11.1 Å². The molecule has 0 saturated heterocycles. The fourth-order valence-electron chi connectivity index (χ4n) is 2.40. The zero-order valence-corrected chi connectivity index (χ0v) is 9.93. The van der Waals surface area contributed by atoms with E-state index < -0.39 is 0 Å². The molecule has 3 rings (SSSR count). The summed E-state index contributed by atoms with van der Waals surface area (Å²) in [4.78, 5) is 4.20. The molecule has 3 heteroatoms. The van der Waals surface area contributed by atoms with E-state index in [4.69, 9.17) is 5.26 Å². The first-order valence-electron chi connectivity index (χ1n) is 6.05. The van der Waals surface area contributed by atoms with Gasteiger partial charge in [-0.3, -0.25) is 0 Å². The number of nitrogens with zero attached hydrogens (tertiary/aromatic N) is 2. The van der Waals surface area contributed by atoms with Gasteiger partial charge in [-0.25, -0.2) is 4.98 Å². The van der Waals surface area contributed by atoms with Gasteiger partial charge in [-0.2, -0.15) is 5.26 Å². The van der Waals surface area contributed by atoms with Crippen LogP contribution >= 0.6 is 0 Å². The quantitative estimate of drug-likeness (QED) is 0.889. The highest BCUT2D eigenvalue weighted by Crippen LogP contribution is 2.34. The second-order valence-electron chi connectivity index (χ2n) is 4.49. The molecular weight excluding hydrogens is 222 g/mol. The monoisotopic (exact) mass is 235 g/mol. The fraction of sp³-hybridized carbons (Fsp3) is 0.200. The summed E-state index contributed by atoms with van der Waals surface area (Å²) in [5.41, 5.74) is 3.45. The molecule has 1 aromatic carbocycles. The third-order valence-corrected chi connectivity index (χ3v) is 3.41. The van der Waals surface area contributed by atoms with Crippen molar-refractivity contribution in [1.29, 1.82) is 5.26 Å². The van der Waals surface area contributed by atoms with E-state index in [1.54, 1.807) is 18.3 Å². The maximum atomic E-state index is 8.98. The number of fused-ring (bicyclic) bond motifs is 1. The Morgan fingerprint density at radius 3 is 3.00 bits per heavy atom. The van der Waals surface area contributed by atoms with Gasteiger partial charge in [0.05, 0.1) is 5.56 Å². The second-order valence-corrected chi connectivity index (χ2v) is 4.49. The number of hydrogen-bond acceptors (Lipinski definition) is 3. The molecule has 0 fully saturated rings. The predicted molar refractivity (Wildman–Crippen MR) is 70.3 cm³/mol. The van der Waals surface area contributed by atoms with Crippen LogP contribution in [0.25, 0.3) is 0 Å². The average Bonchev–Trinajstić information content (AvgIpc) is 2.40. The average molecular weight is 235 g/mol. The maximum absolute atomic E-state index is 8.98. The largest absolute Gasteiger partial charge is 0.368 e. The number of rotatable bonds is 3. The summed E-state index contributed by atoms with van der Waals surface area (Å²) in [7, 11) is 0. The highest BCUT2D eigenvalue weighted by atomic mass is 15.0. The summed E-state index contributed by atoms with van der Waals surface area (Å²) in [6.07, 6.45) is 2.82. The molecule has 1 aromatic heterocycles. The van der Waals surface area contributed by atoms with Gasteiger partial charge in [-0.05, 0) is 29.7 Å². The Bertz CT molecular complexity index is 613. The van der Waals surface area contributed by atoms with E-state index in [0.717, 1.165) is 13.0 Å². The molecule has 1 aliphatic carbocycles. The van der Waals surface area contributed by atoms with Crippen LogP contribution in [-0.4, -0.2) is 11.5 Å². The van der Waals surface area contributed by atoms with Crippen molar-refractivity contribution in [1.82, 2.24) is 4.98 Å². The van der Waals surface area contributed by atoms with Gasteiger partial charge in [-0.15, -0.1) is 0 Å². The van der Waals surface area contributed by atoms with Crippen molar-refractivity contribution >= 4 is 5.82 Å². The Balaban J connectivity index is 1.69. The first-order valence-corrected chi connectivity index (χ1v) is 6.05. The van der Waals surface area contributed by atoms with Crippen molar-refractivity contribution in [2.75, 3.05) is 11.9 Å². The Morgan fingerprint density at radius 2 is 2.17 bits per heavy atom. The lowest BCUT2D eigenvalue weighted by molar-refractivity contribution is 0.634. The fourth-order valence-corrected chi connectivity index (χ4v) is 2.40. The van der Waals surface area contributed by atoms with E-state index in [9.17, 15) is 0 Å². The zero-order chi connectivity index (χ0) is 12.4. The Morgan fingerprint density at radius 1 is 1.28 bits per heavy atom. The minimum atomic E-state index is 0.537. The van der Waals surface area contributed by atoms with Gasteiger partial charge in [0.25, 0.3) is 0 Å². The molecule has 1 N–H and O–H groups in total. The van der Waals surface area contributed by atoms with Crippen molar-refractivity contribution in [2.45, 2.75) is 12.3 Å². The van der Waals surface area contributed by atoms with Crippen LogP contribution in [0.15, 0.2) is 42.6 Å². The maximum Gasteiger partial charge on any atom is 0.143 e. The minimum absolute atomic E-state index is 0.537. The summed E-state index contributed by atoms with van der Waals surface area (Å²) >= 11 is 0. The van der Waals surface area contributed by atoms with Gasteiger partial charge >= 0.3 is 0 Å².